The van der Waals surface area contributed by atoms with Gasteiger partial charge in [0.05, 0.1) is 0 Å². The van der Waals surface area contributed by atoms with Crippen molar-refractivity contribution in [2.75, 3.05) is 0 Å². The summed E-state index contributed by atoms with van der Waals surface area (Å²) in [5, 5.41) is 0. The van der Waals surface area contributed by atoms with Gasteiger partial charge < -0.3 is 0 Å². The molecule has 0 rings (SSSR count). The van der Waals surface area contributed by atoms with Crippen molar-refractivity contribution in [2.24, 2.45) is 0 Å². The average molecular weight is 192 g/mol. The molecule has 0 aromatic rings. The third kappa shape index (κ3) is 5.25. The van der Waals surface area contributed by atoms with Crippen molar-refractivity contribution in [3.05, 3.63) is 35.5 Å². The number of ketones is 2. The average Bonchev–Trinajstić information content (AvgIpc) is 2.11. The first-order chi connectivity index (χ1) is 6.45. The Bertz CT molecular complexity index is 285. The van der Waals surface area contributed by atoms with Gasteiger partial charge in [0.15, 0.2) is 11.6 Å². The zero-order valence-electron chi connectivity index (χ0n) is 9.13. The molecule has 2 nitrogen and oxygen atoms in total. The molecule has 0 saturated carbocycles. The van der Waals surface area contributed by atoms with Gasteiger partial charge in [-0.15, -0.1) is 0 Å². The molecule has 0 atom stereocenters. The topological polar surface area (TPSA) is 34.1 Å². The molecule has 0 aromatic carbocycles. The van der Waals surface area contributed by atoms with Crippen LogP contribution in [0.25, 0.3) is 0 Å². The van der Waals surface area contributed by atoms with Crippen molar-refractivity contribution in [3.8, 4) is 0 Å². The van der Waals surface area contributed by atoms with Crippen LogP contribution in [0.4, 0.5) is 0 Å². The van der Waals surface area contributed by atoms with Crippen molar-refractivity contribution in [3.63, 3.8) is 0 Å². The van der Waals surface area contributed by atoms with E-state index in [-0.39, 0.29) is 11.6 Å². The smallest absolute Gasteiger partial charge is 0.155 e. The summed E-state index contributed by atoms with van der Waals surface area (Å²) in [5.74, 6) is 0.115. The van der Waals surface area contributed by atoms with E-state index in [0.29, 0.717) is 11.1 Å². The Morgan fingerprint density at radius 1 is 0.714 bits per heavy atom. The zero-order chi connectivity index (χ0) is 11.1. The minimum absolute atomic E-state index is 0.0573. The lowest BCUT2D eigenvalue weighted by Crippen LogP contribution is -1.90. The van der Waals surface area contributed by atoms with E-state index in [1.165, 1.54) is 13.8 Å². The molecular formula is C12H16O2. The fourth-order valence-corrected chi connectivity index (χ4v) is 0.634. The molecule has 0 spiro atoms. The highest BCUT2D eigenvalue weighted by molar-refractivity contribution is 5.93. The molecule has 0 N–H and O–H groups in total. The van der Waals surface area contributed by atoms with Crippen LogP contribution in [0.5, 0.6) is 0 Å². The molecule has 0 heterocycles. The third-order valence-corrected chi connectivity index (χ3v) is 1.91. The van der Waals surface area contributed by atoms with Crippen LogP contribution >= 0.6 is 0 Å². The maximum Gasteiger partial charge on any atom is 0.155 e. The highest BCUT2D eigenvalue weighted by Gasteiger charge is 1.92. The summed E-state index contributed by atoms with van der Waals surface area (Å²) in [6, 6.07) is 0. The number of allylic oxidation sites excluding steroid dienone is 6. The maximum absolute atomic E-state index is 10.8. The number of Topliss-reactive ketones (excluding diaryl/α,β-unsaturated/α-hetero) is 2. The van der Waals surface area contributed by atoms with Crippen molar-refractivity contribution < 1.29 is 9.59 Å². The van der Waals surface area contributed by atoms with Crippen molar-refractivity contribution in [1.29, 1.82) is 0 Å². The van der Waals surface area contributed by atoms with Gasteiger partial charge in [-0.2, -0.15) is 0 Å². The molecule has 0 aromatic heterocycles. The van der Waals surface area contributed by atoms with Crippen LogP contribution in [0.2, 0.25) is 0 Å². The summed E-state index contributed by atoms with van der Waals surface area (Å²) >= 11 is 0. The van der Waals surface area contributed by atoms with Gasteiger partial charge >= 0.3 is 0 Å². The van der Waals surface area contributed by atoms with Crippen molar-refractivity contribution >= 4 is 11.6 Å². The van der Waals surface area contributed by atoms with Crippen molar-refractivity contribution in [1.82, 2.24) is 0 Å². The minimum atomic E-state index is 0.0573. The second-order valence-corrected chi connectivity index (χ2v) is 3.20. The van der Waals surface area contributed by atoms with E-state index in [1.54, 1.807) is 38.2 Å². The summed E-state index contributed by atoms with van der Waals surface area (Å²) in [5.41, 5.74) is 1.41. The maximum atomic E-state index is 10.8. The van der Waals surface area contributed by atoms with E-state index in [1.807, 2.05) is 0 Å². The van der Waals surface area contributed by atoms with E-state index < -0.39 is 0 Å². The van der Waals surface area contributed by atoms with Gasteiger partial charge in [0, 0.05) is 0 Å². The van der Waals surface area contributed by atoms with E-state index in [4.69, 9.17) is 0 Å². The Balaban J connectivity index is 4.35. The largest absolute Gasteiger partial charge is 0.295 e. The van der Waals surface area contributed by atoms with Gasteiger partial charge in [-0.25, -0.2) is 0 Å². The lowest BCUT2D eigenvalue weighted by atomic mass is 10.2. The molecule has 0 amide bonds. The zero-order valence-corrected chi connectivity index (χ0v) is 9.13. The third-order valence-electron chi connectivity index (χ3n) is 1.91. The minimum Gasteiger partial charge on any atom is -0.295 e. The van der Waals surface area contributed by atoms with E-state index in [0.717, 1.165) is 0 Å². The predicted octanol–water partition coefficient (Wildman–Crippen LogP) is 2.61. The Morgan fingerprint density at radius 2 is 1.00 bits per heavy atom. The van der Waals surface area contributed by atoms with Gasteiger partial charge in [-0.05, 0) is 38.8 Å². The molecule has 0 radical (unpaired) electrons. The standard InChI is InChI=1S/C12H16O2/c1-9(11(3)13)7-5-6-8-10(2)12(4)14/h5-8H,1-4H3/b6-5+,9-7+,10-8+. The van der Waals surface area contributed by atoms with Crippen LogP contribution in [0.1, 0.15) is 27.7 Å². The Hall–Kier alpha value is -1.44. The molecule has 0 saturated heterocycles. The van der Waals surface area contributed by atoms with Gasteiger partial charge in [-0.3, -0.25) is 9.59 Å². The molecule has 14 heavy (non-hydrogen) atoms. The van der Waals surface area contributed by atoms with E-state index in [2.05, 4.69) is 0 Å². The lowest BCUT2D eigenvalue weighted by molar-refractivity contribution is -0.114. The first-order valence-electron chi connectivity index (χ1n) is 4.49. The fourth-order valence-electron chi connectivity index (χ4n) is 0.634. The van der Waals surface area contributed by atoms with Crippen LogP contribution in [0.3, 0.4) is 0 Å². The monoisotopic (exact) mass is 192 g/mol. The fraction of sp³-hybridized carbons (Fsp3) is 0.333. The lowest BCUT2D eigenvalue weighted by Gasteiger charge is -1.90. The number of carbonyl (C=O) groups excluding carboxylic acids is 2. The van der Waals surface area contributed by atoms with E-state index >= 15 is 0 Å². The molecule has 0 aliphatic heterocycles. The number of hydrogen-bond acceptors (Lipinski definition) is 2. The second-order valence-electron chi connectivity index (χ2n) is 3.20. The molecule has 0 aliphatic rings. The van der Waals surface area contributed by atoms with E-state index in [9.17, 15) is 9.59 Å². The van der Waals surface area contributed by atoms with Crippen LogP contribution in [-0.2, 0) is 9.59 Å². The van der Waals surface area contributed by atoms with Gasteiger partial charge in [0.2, 0.25) is 0 Å². The summed E-state index contributed by atoms with van der Waals surface area (Å²) < 4.78 is 0. The highest BCUT2D eigenvalue weighted by Crippen LogP contribution is 1.97. The first-order valence-corrected chi connectivity index (χ1v) is 4.49. The second kappa shape index (κ2) is 6.08. The number of hydrogen-bond donors (Lipinski definition) is 0. The molecule has 2 heteroatoms. The quantitative estimate of drug-likeness (QED) is 0.507. The first kappa shape index (κ1) is 12.6. The Kier molecular flexibility index (Phi) is 5.46. The summed E-state index contributed by atoms with van der Waals surface area (Å²) in [7, 11) is 0. The molecule has 0 aliphatic carbocycles. The molecule has 0 fully saturated rings. The SMILES string of the molecule is CC(=O)/C(C)=C/C=C/C=C(\C)C(C)=O. The summed E-state index contributed by atoms with van der Waals surface area (Å²) in [6.07, 6.45) is 6.96. The molecule has 0 unspecified atom stereocenters. The molecular weight excluding hydrogens is 176 g/mol. The van der Waals surface area contributed by atoms with Crippen LogP contribution in [0.15, 0.2) is 35.5 Å². The summed E-state index contributed by atoms with van der Waals surface area (Å²) in [4.78, 5) is 21.6. The predicted molar refractivity (Wildman–Crippen MR) is 58.0 cm³/mol. The van der Waals surface area contributed by atoms with Gasteiger partial charge in [0.1, 0.15) is 0 Å². The van der Waals surface area contributed by atoms with Gasteiger partial charge in [-0.1, -0.05) is 24.3 Å². The summed E-state index contributed by atoms with van der Waals surface area (Å²) in [6.45, 7) is 6.56. The Morgan fingerprint density at radius 3 is 1.21 bits per heavy atom. The van der Waals surface area contributed by atoms with Gasteiger partial charge in [0.25, 0.3) is 0 Å². The molecule has 76 valence electrons. The van der Waals surface area contributed by atoms with Crippen LogP contribution < -0.4 is 0 Å². The number of rotatable bonds is 4. The van der Waals surface area contributed by atoms with Crippen LogP contribution in [-0.4, -0.2) is 11.6 Å². The highest BCUT2D eigenvalue weighted by atomic mass is 16.1. The van der Waals surface area contributed by atoms with Crippen molar-refractivity contribution in [2.45, 2.75) is 27.7 Å². The Labute approximate surface area is 85.0 Å². The number of carbonyl (C=O) groups is 2. The normalized spacial score (nSPS) is 13.4. The van der Waals surface area contributed by atoms with Crippen LogP contribution in [0, 0.1) is 0 Å². The molecule has 0 bridgehead atoms.